The summed E-state index contributed by atoms with van der Waals surface area (Å²) in [6, 6.07) is 12.1. The van der Waals surface area contributed by atoms with Gasteiger partial charge in [0.2, 0.25) is 11.8 Å². The van der Waals surface area contributed by atoms with Crippen LogP contribution in [0.2, 0.25) is 0 Å². The molecule has 3 aromatic rings. The maximum absolute atomic E-state index is 12.7. The number of benzene rings is 2. The van der Waals surface area contributed by atoms with Crippen LogP contribution in [0, 0.1) is 20.8 Å². The number of aromatic amines is 1. The fourth-order valence-electron chi connectivity index (χ4n) is 3.94. The summed E-state index contributed by atoms with van der Waals surface area (Å²) in [6.45, 7) is 9.03. The SMILES string of the molecule is Cc1ccc2nc(SCC(=O)N3CCN(CC(=O)Nc4c(C)cccc4C)CC3)[nH]c2c1. The zero-order chi connectivity index (χ0) is 22.7. The molecular formula is C24H29N5O2S. The number of thioether (sulfide) groups is 1. The summed E-state index contributed by atoms with van der Waals surface area (Å²) in [4.78, 5) is 37.0. The Bertz CT molecular complexity index is 1110. The molecule has 1 aliphatic heterocycles. The monoisotopic (exact) mass is 451 g/mol. The molecule has 1 saturated heterocycles. The number of nitrogens with zero attached hydrogens (tertiary/aromatic N) is 3. The molecule has 2 aromatic carbocycles. The van der Waals surface area contributed by atoms with E-state index >= 15 is 0 Å². The van der Waals surface area contributed by atoms with Crippen molar-refractivity contribution < 1.29 is 9.59 Å². The summed E-state index contributed by atoms with van der Waals surface area (Å²) < 4.78 is 0. The van der Waals surface area contributed by atoms with E-state index in [0.29, 0.717) is 38.5 Å². The van der Waals surface area contributed by atoms with E-state index in [1.54, 1.807) is 0 Å². The molecule has 0 bridgehead atoms. The van der Waals surface area contributed by atoms with E-state index in [4.69, 9.17) is 0 Å². The van der Waals surface area contributed by atoms with Crippen molar-refractivity contribution in [1.82, 2.24) is 19.8 Å². The number of piperazine rings is 1. The number of carbonyl (C=O) groups is 2. The van der Waals surface area contributed by atoms with Gasteiger partial charge in [0.25, 0.3) is 0 Å². The molecule has 8 heteroatoms. The molecule has 32 heavy (non-hydrogen) atoms. The summed E-state index contributed by atoms with van der Waals surface area (Å²) in [5, 5.41) is 3.80. The van der Waals surface area contributed by atoms with Crippen LogP contribution in [-0.4, -0.2) is 70.1 Å². The van der Waals surface area contributed by atoms with Crippen molar-refractivity contribution in [3.05, 3.63) is 53.1 Å². The van der Waals surface area contributed by atoms with Gasteiger partial charge in [-0.05, 0) is 49.6 Å². The Morgan fingerprint density at radius 1 is 1.06 bits per heavy atom. The number of carbonyl (C=O) groups excluding carboxylic acids is 2. The molecule has 0 spiro atoms. The fraction of sp³-hybridized carbons (Fsp3) is 0.375. The number of nitrogens with one attached hydrogen (secondary N) is 2. The number of rotatable bonds is 6. The molecule has 0 saturated carbocycles. The zero-order valence-corrected chi connectivity index (χ0v) is 19.6. The minimum absolute atomic E-state index is 0.0159. The molecule has 0 radical (unpaired) electrons. The Morgan fingerprint density at radius 2 is 1.78 bits per heavy atom. The third-order valence-corrected chi connectivity index (χ3v) is 6.64. The summed E-state index contributed by atoms with van der Waals surface area (Å²) in [7, 11) is 0. The van der Waals surface area contributed by atoms with E-state index in [1.807, 2.05) is 56.0 Å². The molecule has 7 nitrogen and oxygen atoms in total. The second-order valence-corrected chi connectivity index (χ2v) is 9.29. The Morgan fingerprint density at radius 3 is 2.50 bits per heavy atom. The topological polar surface area (TPSA) is 81.3 Å². The van der Waals surface area contributed by atoms with Crippen molar-refractivity contribution in [3.8, 4) is 0 Å². The first-order chi connectivity index (χ1) is 15.4. The van der Waals surface area contributed by atoms with Crippen LogP contribution in [0.1, 0.15) is 16.7 Å². The molecule has 0 atom stereocenters. The van der Waals surface area contributed by atoms with Gasteiger partial charge in [-0.1, -0.05) is 36.0 Å². The van der Waals surface area contributed by atoms with Crippen molar-refractivity contribution in [2.45, 2.75) is 25.9 Å². The molecule has 2 N–H and O–H groups in total. The number of imidazole rings is 1. The van der Waals surface area contributed by atoms with Crippen LogP contribution in [0.4, 0.5) is 5.69 Å². The van der Waals surface area contributed by atoms with E-state index < -0.39 is 0 Å². The average molecular weight is 452 g/mol. The molecule has 1 aromatic heterocycles. The number of aromatic nitrogens is 2. The van der Waals surface area contributed by atoms with Gasteiger partial charge in [-0.25, -0.2) is 4.98 Å². The summed E-state index contributed by atoms with van der Waals surface area (Å²) in [5.74, 6) is 0.440. The molecule has 0 aliphatic carbocycles. The first-order valence-corrected chi connectivity index (χ1v) is 11.8. The van der Waals surface area contributed by atoms with Crippen molar-refractivity contribution in [2.75, 3.05) is 43.8 Å². The lowest BCUT2D eigenvalue weighted by molar-refractivity contribution is -0.130. The van der Waals surface area contributed by atoms with E-state index in [1.165, 1.54) is 17.3 Å². The van der Waals surface area contributed by atoms with Crippen LogP contribution in [0.3, 0.4) is 0 Å². The average Bonchev–Trinajstić information content (AvgIpc) is 3.17. The number of aryl methyl sites for hydroxylation is 3. The molecular weight excluding hydrogens is 422 g/mol. The minimum Gasteiger partial charge on any atom is -0.339 e. The van der Waals surface area contributed by atoms with Gasteiger partial charge in [0, 0.05) is 31.9 Å². The van der Waals surface area contributed by atoms with E-state index in [0.717, 1.165) is 33.0 Å². The molecule has 0 unspecified atom stereocenters. The van der Waals surface area contributed by atoms with Crippen molar-refractivity contribution in [3.63, 3.8) is 0 Å². The minimum atomic E-state index is -0.0159. The Balaban J connectivity index is 1.23. The van der Waals surface area contributed by atoms with Crippen molar-refractivity contribution >= 4 is 40.3 Å². The standard InChI is InChI=1S/C24H29N5O2S/c1-16-7-8-19-20(13-16)26-24(25-19)32-15-22(31)29-11-9-28(10-12-29)14-21(30)27-23-17(2)5-4-6-18(23)3/h4-8,13H,9-12,14-15H2,1-3H3,(H,25,26)(H,27,30). The molecule has 168 valence electrons. The van der Waals surface area contributed by atoms with Crippen LogP contribution in [-0.2, 0) is 9.59 Å². The molecule has 2 heterocycles. The molecule has 1 fully saturated rings. The number of hydrogen-bond acceptors (Lipinski definition) is 5. The quantitative estimate of drug-likeness (QED) is 0.562. The van der Waals surface area contributed by atoms with Crippen molar-refractivity contribution in [2.24, 2.45) is 0 Å². The first kappa shape index (κ1) is 22.4. The number of para-hydroxylation sites is 1. The predicted molar refractivity (Wildman–Crippen MR) is 129 cm³/mol. The van der Waals surface area contributed by atoms with Crippen LogP contribution >= 0.6 is 11.8 Å². The number of H-pyrrole nitrogens is 1. The van der Waals surface area contributed by atoms with Crippen molar-refractivity contribution in [1.29, 1.82) is 0 Å². The second kappa shape index (κ2) is 9.75. The van der Waals surface area contributed by atoms with E-state index in [2.05, 4.69) is 26.3 Å². The van der Waals surface area contributed by atoms with Gasteiger partial charge >= 0.3 is 0 Å². The number of anilines is 1. The Kier molecular flexibility index (Phi) is 6.81. The smallest absolute Gasteiger partial charge is 0.238 e. The molecule has 4 rings (SSSR count). The lowest BCUT2D eigenvalue weighted by Crippen LogP contribution is -2.50. The number of hydrogen-bond donors (Lipinski definition) is 2. The highest BCUT2D eigenvalue weighted by atomic mass is 32.2. The van der Waals surface area contributed by atoms with Gasteiger partial charge < -0.3 is 15.2 Å². The number of fused-ring (bicyclic) bond motifs is 1. The van der Waals surface area contributed by atoms with Crippen LogP contribution in [0.25, 0.3) is 11.0 Å². The lowest BCUT2D eigenvalue weighted by Gasteiger charge is -2.34. The second-order valence-electron chi connectivity index (χ2n) is 8.32. The normalized spacial score (nSPS) is 14.7. The summed E-state index contributed by atoms with van der Waals surface area (Å²) in [5.41, 5.74) is 6.10. The summed E-state index contributed by atoms with van der Waals surface area (Å²) in [6.07, 6.45) is 0. The van der Waals surface area contributed by atoms with Gasteiger partial charge in [0.1, 0.15) is 0 Å². The Labute approximate surface area is 192 Å². The van der Waals surface area contributed by atoms with Crippen LogP contribution in [0.5, 0.6) is 0 Å². The van der Waals surface area contributed by atoms with Crippen LogP contribution < -0.4 is 5.32 Å². The van der Waals surface area contributed by atoms with Gasteiger partial charge in [-0.3, -0.25) is 14.5 Å². The third kappa shape index (κ3) is 5.31. The highest BCUT2D eigenvalue weighted by molar-refractivity contribution is 7.99. The maximum Gasteiger partial charge on any atom is 0.238 e. The fourth-order valence-corrected chi connectivity index (χ4v) is 4.73. The van der Waals surface area contributed by atoms with Gasteiger partial charge in [-0.15, -0.1) is 0 Å². The zero-order valence-electron chi connectivity index (χ0n) is 18.8. The molecule has 2 amide bonds. The highest BCUT2D eigenvalue weighted by Crippen LogP contribution is 2.21. The number of amides is 2. The lowest BCUT2D eigenvalue weighted by atomic mass is 10.1. The highest BCUT2D eigenvalue weighted by Gasteiger charge is 2.23. The largest absolute Gasteiger partial charge is 0.339 e. The van der Waals surface area contributed by atoms with Gasteiger partial charge in [-0.2, -0.15) is 0 Å². The maximum atomic E-state index is 12.7. The first-order valence-electron chi connectivity index (χ1n) is 10.8. The summed E-state index contributed by atoms with van der Waals surface area (Å²) >= 11 is 1.43. The third-order valence-electron chi connectivity index (χ3n) is 5.79. The van der Waals surface area contributed by atoms with Gasteiger partial charge in [0.15, 0.2) is 5.16 Å². The van der Waals surface area contributed by atoms with E-state index in [-0.39, 0.29) is 11.8 Å². The van der Waals surface area contributed by atoms with E-state index in [9.17, 15) is 9.59 Å². The predicted octanol–water partition coefficient (Wildman–Crippen LogP) is 3.36. The van der Waals surface area contributed by atoms with Crippen LogP contribution in [0.15, 0.2) is 41.6 Å². The molecule has 1 aliphatic rings. The van der Waals surface area contributed by atoms with Gasteiger partial charge in [0.05, 0.1) is 23.3 Å². The Hall–Kier alpha value is -2.84.